The number of carbonyl (C=O) groups excluding carboxylic acids is 1. The van der Waals surface area contributed by atoms with Gasteiger partial charge >= 0.3 is 0 Å². The summed E-state index contributed by atoms with van der Waals surface area (Å²) >= 11 is 1.54. The molecule has 2 aromatic rings. The van der Waals surface area contributed by atoms with Gasteiger partial charge in [0.05, 0.1) is 19.8 Å². The third kappa shape index (κ3) is 6.84. The standard InChI is InChI=1S/C26H38N8O2S/c1-37-26-29-23(28-21-2-4-22(5-3-21)32-14-16-36-17-15-32)18-24(30-26)33-12-10-31(11-13-33)19-25(35)34-8-6-20(27)7-9-34/h2-5,18,20H,6-17,19,27H2,1H3,(H,28,29,30). The van der Waals surface area contributed by atoms with E-state index in [2.05, 4.69) is 49.3 Å². The lowest BCUT2D eigenvalue weighted by Gasteiger charge is -2.37. The molecule has 1 amide bonds. The number of piperazine rings is 1. The predicted molar refractivity (Wildman–Crippen MR) is 149 cm³/mol. The van der Waals surface area contributed by atoms with Crippen LogP contribution in [0, 0.1) is 0 Å². The lowest BCUT2D eigenvalue weighted by atomic mass is 10.1. The molecule has 4 heterocycles. The first-order valence-corrected chi connectivity index (χ1v) is 14.4. The van der Waals surface area contributed by atoms with Crippen molar-refractivity contribution in [1.82, 2.24) is 19.8 Å². The Kier molecular flexibility index (Phi) is 8.65. The van der Waals surface area contributed by atoms with Gasteiger partial charge in [-0.2, -0.15) is 0 Å². The summed E-state index contributed by atoms with van der Waals surface area (Å²) in [6, 6.07) is 10.7. The topological polar surface area (TPSA) is 103 Å². The third-order valence-corrected chi connectivity index (χ3v) is 7.89. The van der Waals surface area contributed by atoms with E-state index >= 15 is 0 Å². The van der Waals surface area contributed by atoms with E-state index < -0.39 is 0 Å². The van der Waals surface area contributed by atoms with Gasteiger partial charge in [0, 0.05) is 75.8 Å². The summed E-state index contributed by atoms with van der Waals surface area (Å²) in [5, 5.41) is 4.20. The summed E-state index contributed by atoms with van der Waals surface area (Å²) in [4.78, 5) is 31.0. The Morgan fingerprint density at radius 3 is 2.38 bits per heavy atom. The van der Waals surface area contributed by atoms with Crippen LogP contribution in [0.25, 0.3) is 0 Å². The highest BCUT2D eigenvalue weighted by atomic mass is 32.2. The zero-order chi connectivity index (χ0) is 25.6. The number of benzene rings is 1. The highest BCUT2D eigenvalue weighted by Crippen LogP contribution is 2.26. The number of rotatable bonds is 7. The number of hydrogen-bond donors (Lipinski definition) is 2. The molecule has 3 aliphatic rings. The smallest absolute Gasteiger partial charge is 0.236 e. The lowest BCUT2D eigenvalue weighted by molar-refractivity contribution is -0.133. The summed E-state index contributed by atoms with van der Waals surface area (Å²) in [7, 11) is 0. The molecule has 3 N–H and O–H groups in total. The molecule has 3 saturated heterocycles. The van der Waals surface area contributed by atoms with E-state index in [1.165, 1.54) is 5.69 Å². The molecule has 200 valence electrons. The summed E-state index contributed by atoms with van der Waals surface area (Å²) in [6.07, 6.45) is 3.80. The van der Waals surface area contributed by atoms with Crippen LogP contribution in [0.2, 0.25) is 0 Å². The van der Waals surface area contributed by atoms with Crippen LogP contribution in [0.1, 0.15) is 12.8 Å². The number of likely N-dealkylation sites (tertiary alicyclic amines) is 1. The van der Waals surface area contributed by atoms with Gasteiger partial charge in [-0.25, -0.2) is 9.97 Å². The number of aromatic nitrogens is 2. The van der Waals surface area contributed by atoms with Gasteiger partial charge in [0.1, 0.15) is 11.6 Å². The van der Waals surface area contributed by atoms with Crippen LogP contribution in [0.3, 0.4) is 0 Å². The molecule has 0 atom stereocenters. The molecule has 3 fully saturated rings. The number of amides is 1. The monoisotopic (exact) mass is 526 g/mol. The molecule has 10 nitrogen and oxygen atoms in total. The zero-order valence-electron chi connectivity index (χ0n) is 21.6. The summed E-state index contributed by atoms with van der Waals surface area (Å²) in [5.41, 5.74) is 8.19. The average molecular weight is 527 g/mol. The van der Waals surface area contributed by atoms with Crippen molar-refractivity contribution in [3.05, 3.63) is 30.3 Å². The minimum absolute atomic E-state index is 0.221. The summed E-state index contributed by atoms with van der Waals surface area (Å²) < 4.78 is 5.46. The Morgan fingerprint density at radius 2 is 1.70 bits per heavy atom. The SMILES string of the molecule is CSc1nc(Nc2ccc(N3CCOCC3)cc2)cc(N2CCN(CC(=O)N3CCC(N)CC3)CC2)n1. The maximum absolute atomic E-state index is 12.7. The van der Waals surface area contributed by atoms with Crippen LogP contribution in [0.4, 0.5) is 23.0 Å². The van der Waals surface area contributed by atoms with Gasteiger partial charge in [0.15, 0.2) is 5.16 Å². The van der Waals surface area contributed by atoms with E-state index in [-0.39, 0.29) is 11.9 Å². The highest BCUT2D eigenvalue weighted by Gasteiger charge is 2.25. The van der Waals surface area contributed by atoms with E-state index in [1.807, 2.05) is 17.2 Å². The highest BCUT2D eigenvalue weighted by molar-refractivity contribution is 7.98. The zero-order valence-corrected chi connectivity index (χ0v) is 22.5. The van der Waals surface area contributed by atoms with Crippen molar-refractivity contribution in [2.75, 3.05) is 93.5 Å². The summed E-state index contributed by atoms with van der Waals surface area (Å²) in [6.45, 7) is 8.78. The van der Waals surface area contributed by atoms with Crippen molar-refractivity contribution in [1.29, 1.82) is 0 Å². The van der Waals surface area contributed by atoms with Crippen molar-refractivity contribution >= 4 is 40.7 Å². The molecule has 0 unspecified atom stereocenters. The number of thioether (sulfide) groups is 1. The van der Waals surface area contributed by atoms with Gasteiger partial charge in [-0.1, -0.05) is 11.8 Å². The van der Waals surface area contributed by atoms with Crippen molar-refractivity contribution in [3.63, 3.8) is 0 Å². The van der Waals surface area contributed by atoms with Crippen LogP contribution < -0.4 is 20.9 Å². The van der Waals surface area contributed by atoms with Crippen molar-refractivity contribution < 1.29 is 9.53 Å². The molecular formula is C26H38N8O2S. The molecule has 0 aliphatic carbocycles. The van der Waals surface area contributed by atoms with E-state index in [9.17, 15) is 4.79 Å². The Hall–Kier alpha value is -2.60. The number of carbonyl (C=O) groups is 1. The molecule has 1 aromatic carbocycles. The van der Waals surface area contributed by atoms with E-state index in [0.29, 0.717) is 6.54 Å². The molecule has 11 heteroatoms. The first-order chi connectivity index (χ1) is 18.1. The van der Waals surface area contributed by atoms with Crippen LogP contribution in [0.15, 0.2) is 35.5 Å². The predicted octanol–water partition coefficient (Wildman–Crippen LogP) is 1.85. The number of morpholine rings is 1. The van der Waals surface area contributed by atoms with Gasteiger partial charge in [-0.15, -0.1) is 0 Å². The number of ether oxygens (including phenoxy) is 1. The van der Waals surface area contributed by atoms with Gasteiger partial charge < -0.3 is 30.5 Å². The maximum Gasteiger partial charge on any atom is 0.236 e. The molecular weight excluding hydrogens is 488 g/mol. The number of nitrogens with one attached hydrogen (secondary N) is 1. The average Bonchev–Trinajstić information content (AvgIpc) is 2.94. The van der Waals surface area contributed by atoms with Crippen LogP contribution in [0.5, 0.6) is 0 Å². The van der Waals surface area contributed by atoms with E-state index in [1.54, 1.807) is 11.8 Å². The molecule has 0 saturated carbocycles. The van der Waals surface area contributed by atoms with Gasteiger partial charge in [-0.3, -0.25) is 9.69 Å². The Labute approximate surface area is 223 Å². The molecule has 5 rings (SSSR count). The fourth-order valence-corrected chi connectivity index (χ4v) is 5.40. The normalized spacial score (nSPS) is 19.8. The van der Waals surface area contributed by atoms with Gasteiger partial charge in [0.2, 0.25) is 5.91 Å². The first-order valence-electron chi connectivity index (χ1n) is 13.2. The van der Waals surface area contributed by atoms with Crippen LogP contribution in [-0.2, 0) is 9.53 Å². The lowest BCUT2D eigenvalue weighted by Crippen LogP contribution is -2.52. The first kappa shape index (κ1) is 26.0. The van der Waals surface area contributed by atoms with E-state index in [4.69, 9.17) is 15.5 Å². The quantitative estimate of drug-likeness (QED) is 0.410. The fraction of sp³-hybridized carbons (Fsp3) is 0.577. The van der Waals surface area contributed by atoms with Crippen molar-refractivity contribution in [3.8, 4) is 0 Å². The fourth-order valence-electron chi connectivity index (χ4n) is 5.03. The molecule has 1 aromatic heterocycles. The number of nitrogens with zero attached hydrogens (tertiary/aromatic N) is 6. The molecule has 37 heavy (non-hydrogen) atoms. The molecule has 0 radical (unpaired) electrons. The van der Waals surface area contributed by atoms with Crippen molar-refractivity contribution in [2.45, 2.75) is 24.0 Å². The second-order valence-corrected chi connectivity index (χ2v) is 10.6. The number of anilines is 4. The Morgan fingerprint density at radius 1 is 1.00 bits per heavy atom. The number of hydrogen-bond acceptors (Lipinski definition) is 10. The van der Waals surface area contributed by atoms with Crippen LogP contribution >= 0.6 is 11.8 Å². The minimum atomic E-state index is 0.221. The van der Waals surface area contributed by atoms with Crippen molar-refractivity contribution in [2.24, 2.45) is 5.73 Å². The molecule has 0 bridgehead atoms. The second kappa shape index (κ2) is 12.3. The van der Waals surface area contributed by atoms with Gasteiger partial charge in [-0.05, 0) is 43.4 Å². The Bertz CT molecular complexity index is 1030. The molecule has 0 spiro atoms. The second-order valence-electron chi connectivity index (χ2n) is 9.85. The number of nitrogens with two attached hydrogens (primary N) is 1. The summed E-state index contributed by atoms with van der Waals surface area (Å²) in [5.74, 6) is 1.93. The maximum atomic E-state index is 12.7. The number of piperidine rings is 1. The Balaban J connectivity index is 1.17. The molecule has 3 aliphatic heterocycles. The van der Waals surface area contributed by atoms with Crippen LogP contribution in [-0.4, -0.2) is 110 Å². The van der Waals surface area contributed by atoms with Gasteiger partial charge in [0.25, 0.3) is 0 Å². The largest absolute Gasteiger partial charge is 0.378 e. The van der Waals surface area contributed by atoms with E-state index in [0.717, 1.165) is 101 Å². The minimum Gasteiger partial charge on any atom is -0.378 e. The third-order valence-electron chi connectivity index (χ3n) is 7.34.